The van der Waals surface area contributed by atoms with Crippen molar-refractivity contribution in [1.82, 2.24) is 0 Å². The summed E-state index contributed by atoms with van der Waals surface area (Å²) in [5, 5.41) is 10.9. The Morgan fingerprint density at radius 1 is 1.23 bits per heavy atom. The van der Waals surface area contributed by atoms with Crippen molar-refractivity contribution in [2.45, 2.75) is 63.9 Å². The Morgan fingerprint density at radius 2 is 2.05 bits per heavy atom. The highest BCUT2D eigenvalue weighted by Crippen LogP contribution is 2.64. The van der Waals surface area contributed by atoms with Crippen LogP contribution in [0, 0.1) is 36.5 Å². The molecule has 5 atom stereocenters. The normalized spacial score (nSPS) is 42.9. The van der Waals surface area contributed by atoms with Gasteiger partial charge < -0.3 is 5.11 Å². The third-order valence-corrected chi connectivity index (χ3v) is 7.27. The van der Waals surface area contributed by atoms with E-state index in [4.69, 9.17) is 6.42 Å². The average Bonchev–Trinajstić information content (AvgIpc) is 2.79. The van der Waals surface area contributed by atoms with E-state index in [0.717, 1.165) is 19.3 Å². The van der Waals surface area contributed by atoms with Gasteiger partial charge in [0.1, 0.15) is 5.60 Å². The van der Waals surface area contributed by atoms with E-state index >= 15 is 0 Å². The second kappa shape index (κ2) is 4.62. The zero-order chi connectivity index (χ0) is 15.5. The monoisotopic (exact) mass is 294 g/mol. The Bertz CT molecular complexity index is 654. The molecule has 0 spiro atoms. The highest BCUT2D eigenvalue weighted by Gasteiger charge is 2.61. The van der Waals surface area contributed by atoms with Gasteiger partial charge in [0, 0.05) is 5.41 Å². The lowest BCUT2D eigenvalue weighted by Gasteiger charge is -2.52. The number of hydrogen-bond donors (Lipinski definition) is 1. The van der Waals surface area contributed by atoms with Crippen molar-refractivity contribution in [1.29, 1.82) is 0 Å². The van der Waals surface area contributed by atoms with Gasteiger partial charge in [-0.15, -0.1) is 6.42 Å². The van der Waals surface area contributed by atoms with Crippen LogP contribution in [0.4, 0.5) is 0 Å². The van der Waals surface area contributed by atoms with Crippen molar-refractivity contribution in [2.24, 2.45) is 17.3 Å². The maximum atomic E-state index is 10.9. The van der Waals surface area contributed by atoms with Crippen molar-refractivity contribution < 1.29 is 5.11 Å². The number of fused-ring (bicyclic) bond motifs is 5. The Labute approximate surface area is 134 Å². The summed E-state index contributed by atoms with van der Waals surface area (Å²) in [6, 6.07) is 7.01. The first kappa shape index (κ1) is 14.3. The Balaban J connectivity index is 1.72. The van der Waals surface area contributed by atoms with E-state index in [1.54, 1.807) is 11.1 Å². The zero-order valence-corrected chi connectivity index (χ0v) is 13.7. The summed E-state index contributed by atoms with van der Waals surface area (Å²) in [5.74, 6) is 4.73. The van der Waals surface area contributed by atoms with Gasteiger partial charge >= 0.3 is 0 Å². The van der Waals surface area contributed by atoms with Crippen molar-refractivity contribution in [2.75, 3.05) is 0 Å². The summed E-state index contributed by atoms with van der Waals surface area (Å²) in [6.07, 6.45) is 12.3. The Kier molecular flexibility index (Phi) is 3.01. The van der Waals surface area contributed by atoms with Crippen LogP contribution in [0.5, 0.6) is 0 Å². The summed E-state index contributed by atoms with van der Waals surface area (Å²) in [7, 11) is 0. The molecule has 2 saturated carbocycles. The van der Waals surface area contributed by atoms with Gasteiger partial charge in [-0.05, 0) is 74.3 Å². The van der Waals surface area contributed by atoms with E-state index in [1.165, 1.54) is 24.8 Å². The molecule has 2 fully saturated rings. The first-order chi connectivity index (χ1) is 10.5. The molecule has 0 heterocycles. The number of hydrogen-bond acceptors (Lipinski definition) is 1. The zero-order valence-electron chi connectivity index (χ0n) is 13.7. The van der Waals surface area contributed by atoms with Crippen LogP contribution in [0.25, 0.3) is 0 Å². The van der Waals surface area contributed by atoms with Gasteiger partial charge in [0.05, 0.1) is 0 Å². The molecular formula is C21H26O. The lowest BCUT2D eigenvalue weighted by Crippen LogP contribution is -2.50. The third-order valence-electron chi connectivity index (χ3n) is 7.27. The molecular weight excluding hydrogens is 268 g/mol. The fourth-order valence-corrected chi connectivity index (χ4v) is 5.96. The quantitative estimate of drug-likeness (QED) is 0.710. The molecule has 22 heavy (non-hydrogen) atoms. The molecule has 0 radical (unpaired) electrons. The summed E-state index contributed by atoms with van der Waals surface area (Å²) in [4.78, 5) is 0. The highest BCUT2D eigenvalue weighted by molar-refractivity contribution is 5.38. The highest BCUT2D eigenvalue weighted by atomic mass is 16.3. The Hall–Kier alpha value is -1.26. The fourth-order valence-electron chi connectivity index (χ4n) is 5.96. The lowest BCUT2D eigenvalue weighted by atomic mass is 9.53. The van der Waals surface area contributed by atoms with Gasteiger partial charge in [0.25, 0.3) is 0 Å². The second-order valence-corrected chi connectivity index (χ2v) is 8.12. The second-order valence-electron chi connectivity index (χ2n) is 8.12. The van der Waals surface area contributed by atoms with Crippen molar-refractivity contribution >= 4 is 0 Å². The molecule has 0 saturated heterocycles. The molecule has 0 amide bonds. The van der Waals surface area contributed by atoms with Crippen LogP contribution in [0.1, 0.15) is 61.6 Å². The van der Waals surface area contributed by atoms with Gasteiger partial charge in [-0.25, -0.2) is 0 Å². The topological polar surface area (TPSA) is 20.2 Å². The van der Waals surface area contributed by atoms with E-state index in [9.17, 15) is 5.11 Å². The predicted molar refractivity (Wildman–Crippen MR) is 89.6 cm³/mol. The van der Waals surface area contributed by atoms with Crippen molar-refractivity contribution in [3.8, 4) is 12.3 Å². The van der Waals surface area contributed by atoms with Gasteiger partial charge in [0.15, 0.2) is 0 Å². The number of benzene rings is 1. The van der Waals surface area contributed by atoms with Gasteiger partial charge in [-0.2, -0.15) is 0 Å². The summed E-state index contributed by atoms with van der Waals surface area (Å²) >= 11 is 0. The summed E-state index contributed by atoms with van der Waals surface area (Å²) in [6.45, 7) is 4.44. The van der Waals surface area contributed by atoms with E-state index < -0.39 is 5.60 Å². The molecule has 0 aliphatic heterocycles. The van der Waals surface area contributed by atoms with Crippen molar-refractivity contribution in [3.63, 3.8) is 0 Å². The van der Waals surface area contributed by atoms with Crippen LogP contribution < -0.4 is 0 Å². The first-order valence-corrected chi connectivity index (χ1v) is 8.78. The van der Waals surface area contributed by atoms with E-state index in [-0.39, 0.29) is 5.41 Å². The lowest BCUT2D eigenvalue weighted by molar-refractivity contribution is -0.0646. The van der Waals surface area contributed by atoms with E-state index in [0.29, 0.717) is 17.8 Å². The predicted octanol–water partition coefficient (Wildman–Crippen LogP) is 4.22. The van der Waals surface area contributed by atoms with Gasteiger partial charge in [-0.3, -0.25) is 0 Å². The summed E-state index contributed by atoms with van der Waals surface area (Å²) in [5.41, 5.74) is 3.57. The van der Waals surface area contributed by atoms with E-state index in [1.807, 2.05) is 0 Å². The van der Waals surface area contributed by atoms with Crippen LogP contribution >= 0.6 is 0 Å². The number of aryl methyl sites for hydroxylation is 2. The van der Waals surface area contributed by atoms with Crippen molar-refractivity contribution in [3.05, 3.63) is 34.9 Å². The van der Waals surface area contributed by atoms with Crippen LogP contribution in [0.15, 0.2) is 18.2 Å². The molecule has 1 N–H and O–H groups in total. The van der Waals surface area contributed by atoms with Gasteiger partial charge in [0.2, 0.25) is 0 Å². The molecule has 1 aromatic rings. The molecule has 0 bridgehead atoms. The molecule has 1 aromatic carbocycles. The van der Waals surface area contributed by atoms with Gasteiger partial charge in [-0.1, -0.05) is 36.6 Å². The maximum absolute atomic E-state index is 10.9. The van der Waals surface area contributed by atoms with Crippen LogP contribution in [-0.2, 0) is 6.42 Å². The minimum absolute atomic E-state index is 0.0783. The van der Waals surface area contributed by atoms with Crippen LogP contribution in [-0.4, -0.2) is 10.7 Å². The SMILES string of the molecule is C#C[C@]1(O)CC[C@H]2[C@@H]3CCc4cc(C)ccc4C3CC[C@@]21C. The average molecular weight is 294 g/mol. The largest absolute Gasteiger partial charge is 0.377 e. The molecule has 1 nitrogen and oxygen atoms in total. The summed E-state index contributed by atoms with van der Waals surface area (Å²) < 4.78 is 0. The molecule has 4 rings (SSSR count). The molecule has 116 valence electrons. The van der Waals surface area contributed by atoms with Crippen LogP contribution in [0.2, 0.25) is 0 Å². The standard InChI is InChI=1S/C21H26O/c1-4-21(22)12-10-19-18-8-6-15-13-14(2)5-7-16(15)17(18)9-11-20(19,21)3/h1,5,7,13,17-19,22H,6,8-12H2,2-3H3/t17?,18-,19+,20+,21+/m1/s1. The minimum atomic E-state index is -0.879. The molecule has 1 heteroatoms. The minimum Gasteiger partial charge on any atom is -0.377 e. The molecule has 1 unspecified atom stereocenters. The Morgan fingerprint density at radius 3 is 2.82 bits per heavy atom. The van der Waals surface area contributed by atoms with E-state index in [2.05, 4.69) is 38.0 Å². The van der Waals surface area contributed by atoms with Crippen LogP contribution in [0.3, 0.4) is 0 Å². The fraction of sp³-hybridized carbons (Fsp3) is 0.619. The number of aliphatic hydroxyl groups is 1. The number of terminal acetylenes is 1. The number of rotatable bonds is 0. The molecule has 3 aliphatic carbocycles. The third kappa shape index (κ3) is 1.71. The molecule has 0 aromatic heterocycles. The first-order valence-electron chi connectivity index (χ1n) is 8.78. The maximum Gasteiger partial charge on any atom is 0.130 e. The smallest absolute Gasteiger partial charge is 0.130 e. The molecule has 3 aliphatic rings.